The van der Waals surface area contributed by atoms with E-state index in [4.69, 9.17) is 12.2 Å². The van der Waals surface area contributed by atoms with Crippen LogP contribution in [0.15, 0.2) is 24.3 Å². The van der Waals surface area contributed by atoms with Crippen LogP contribution in [0.2, 0.25) is 0 Å². The average Bonchev–Trinajstić information content (AvgIpc) is 2.78. The van der Waals surface area contributed by atoms with Gasteiger partial charge >= 0.3 is 0 Å². The molecule has 1 saturated heterocycles. The van der Waals surface area contributed by atoms with E-state index in [-0.39, 0.29) is 11.7 Å². The van der Waals surface area contributed by atoms with Gasteiger partial charge in [-0.3, -0.25) is 4.79 Å². The molecule has 2 rings (SSSR count). The fourth-order valence-electron chi connectivity index (χ4n) is 1.95. The Labute approximate surface area is 117 Å². The number of anilines is 1. The molecule has 0 spiro atoms. The number of benzene rings is 1. The summed E-state index contributed by atoms with van der Waals surface area (Å²) >= 11 is 5.12. The largest absolute Gasteiger partial charge is 0.361 e. The highest BCUT2D eigenvalue weighted by Gasteiger charge is 2.18. The van der Waals surface area contributed by atoms with E-state index in [0.717, 1.165) is 18.7 Å². The molecule has 0 saturated carbocycles. The minimum atomic E-state index is -0.281. The van der Waals surface area contributed by atoms with Crippen molar-refractivity contribution in [3.63, 3.8) is 0 Å². The van der Waals surface area contributed by atoms with E-state index < -0.39 is 0 Å². The van der Waals surface area contributed by atoms with Crippen molar-refractivity contribution in [3.05, 3.63) is 30.1 Å². The Morgan fingerprint density at radius 2 is 2.11 bits per heavy atom. The fourth-order valence-corrected chi connectivity index (χ4v) is 2.17. The second kappa shape index (κ2) is 6.47. The smallest absolute Gasteiger partial charge is 0.222 e. The Kier molecular flexibility index (Phi) is 4.68. The van der Waals surface area contributed by atoms with E-state index in [1.165, 1.54) is 12.1 Å². The summed E-state index contributed by atoms with van der Waals surface area (Å²) in [7, 11) is 0. The zero-order chi connectivity index (χ0) is 13.7. The van der Waals surface area contributed by atoms with Crippen LogP contribution >= 0.6 is 12.2 Å². The van der Waals surface area contributed by atoms with Gasteiger partial charge in [0.15, 0.2) is 5.11 Å². The van der Waals surface area contributed by atoms with Gasteiger partial charge in [-0.25, -0.2) is 4.39 Å². The zero-order valence-electron chi connectivity index (χ0n) is 10.5. The number of nitrogens with one attached hydrogen (secondary N) is 2. The molecule has 0 aliphatic carbocycles. The molecule has 0 unspecified atom stereocenters. The maximum atomic E-state index is 12.7. The Hall–Kier alpha value is -1.69. The number of carbonyl (C=O) groups is 1. The molecule has 1 aromatic rings. The molecule has 0 radical (unpaired) electrons. The predicted molar refractivity (Wildman–Crippen MR) is 76.4 cm³/mol. The molecule has 0 aromatic heterocycles. The number of hydrogen-bond acceptors (Lipinski definition) is 2. The Bertz CT molecular complexity index is 463. The fraction of sp³-hybridized carbons (Fsp3) is 0.385. The standard InChI is InChI=1S/C13H16FN3OS/c14-10-3-5-11(6-4-10)16-13(19)15-7-9-17-8-1-2-12(17)18/h3-6H,1-2,7-9H2,(H2,15,16,19). The number of hydrogen-bond donors (Lipinski definition) is 2. The summed E-state index contributed by atoms with van der Waals surface area (Å²) in [5.41, 5.74) is 0.733. The molecule has 102 valence electrons. The van der Waals surface area contributed by atoms with Crippen LogP contribution in [0.4, 0.5) is 10.1 Å². The van der Waals surface area contributed by atoms with Gasteiger partial charge in [-0.2, -0.15) is 0 Å². The maximum absolute atomic E-state index is 12.7. The van der Waals surface area contributed by atoms with Crippen LogP contribution in [-0.2, 0) is 4.79 Å². The van der Waals surface area contributed by atoms with Gasteiger partial charge in [0, 0.05) is 31.7 Å². The molecule has 4 nitrogen and oxygen atoms in total. The van der Waals surface area contributed by atoms with Crippen molar-refractivity contribution in [2.45, 2.75) is 12.8 Å². The van der Waals surface area contributed by atoms with Gasteiger partial charge in [0.05, 0.1) is 0 Å². The molecular weight excluding hydrogens is 265 g/mol. The topological polar surface area (TPSA) is 44.4 Å². The molecule has 1 aliphatic rings. The van der Waals surface area contributed by atoms with E-state index in [2.05, 4.69) is 10.6 Å². The summed E-state index contributed by atoms with van der Waals surface area (Å²) in [6.45, 7) is 2.10. The van der Waals surface area contributed by atoms with Gasteiger partial charge in [0.2, 0.25) is 5.91 Å². The summed E-state index contributed by atoms with van der Waals surface area (Å²) in [6.07, 6.45) is 1.59. The molecule has 1 amide bonds. The van der Waals surface area contributed by atoms with E-state index in [0.29, 0.717) is 24.6 Å². The lowest BCUT2D eigenvalue weighted by Gasteiger charge is -2.17. The molecular formula is C13H16FN3OS. The summed E-state index contributed by atoms with van der Waals surface area (Å²) in [4.78, 5) is 13.2. The molecule has 1 aromatic carbocycles. The Morgan fingerprint density at radius 3 is 2.74 bits per heavy atom. The first-order valence-electron chi connectivity index (χ1n) is 6.23. The summed E-state index contributed by atoms with van der Waals surface area (Å²) < 4.78 is 12.7. The number of carbonyl (C=O) groups excluding carboxylic acids is 1. The van der Waals surface area contributed by atoms with E-state index in [1.807, 2.05) is 4.90 Å². The number of rotatable bonds is 4. The molecule has 2 N–H and O–H groups in total. The minimum Gasteiger partial charge on any atom is -0.361 e. The normalized spacial score (nSPS) is 14.6. The number of likely N-dealkylation sites (tertiary alicyclic amines) is 1. The second-order valence-corrected chi connectivity index (χ2v) is 4.78. The third kappa shape index (κ3) is 4.17. The summed E-state index contributed by atoms with van der Waals surface area (Å²) in [5.74, 6) is -0.0730. The van der Waals surface area contributed by atoms with Crippen molar-refractivity contribution in [3.8, 4) is 0 Å². The van der Waals surface area contributed by atoms with Crippen molar-refractivity contribution in [1.82, 2.24) is 10.2 Å². The number of amides is 1. The van der Waals surface area contributed by atoms with E-state index >= 15 is 0 Å². The monoisotopic (exact) mass is 281 g/mol. The SMILES string of the molecule is O=C1CCCN1CCNC(=S)Nc1ccc(F)cc1. The summed E-state index contributed by atoms with van der Waals surface area (Å²) in [6, 6.07) is 5.97. The molecule has 19 heavy (non-hydrogen) atoms. The van der Waals surface area contributed by atoms with Crippen LogP contribution in [0.3, 0.4) is 0 Å². The van der Waals surface area contributed by atoms with Gasteiger partial charge in [0.25, 0.3) is 0 Å². The predicted octanol–water partition coefficient (Wildman–Crippen LogP) is 1.73. The van der Waals surface area contributed by atoms with Crippen LogP contribution in [0.25, 0.3) is 0 Å². The van der Waals surface area contributed by atoms with Gasteiger partial charge in [-0.1, -0.05) is 0 Å². The maximum Gasteiger partial charge on any atom is 0.222 e. The highest BCUT2D eigenvalue weighted by atomic mass is 32.1. The lowest BCUT2D eigenvalue weighted by Crippen LogP contribution is -2.37. The Morgan fingerprint density at radius 1 is 1.37 bits per heavy atom. The third-order valence-corrected chi connectivity index (χ3v) is 3.19. The second-order valence-electron chi connectivity index (χ2n) is 4.37. The quantitative estimate of drug-likeness (QED) is 0.825. The van der Waals surface area contributed by atoms with Crippen LogP contribution in [0.1, 0.15) is 12.8 Å². The van der Waals surface area contributed by atoms with E-state index in [1.54, 1.807) is 12.1 Å². The van der Waals surface area contributed by atoms with Gasteiger partial charge in [0.1, 0.15) is 5.82 Å². The highest BCUT2D eigenvalue weighted by Crippen LogP contribution is 2.09. The molecule has 0 atom stereocenters. The van der Waals surface area contributed by atoms with Crippen LogP contribution in [0, 0.1) is 5.82 Å². The number of nitrogens with zero attached hydrogens (tertiary/aromatic N) is 1. The van der Waals surface area contributed by atoms with Crippen molar-refractivity contribution in [2.75, 3.05) is 25.0 Å². The van der Waals surface area contributed by atoms with Crippen molar-refractivity contribution in [1.29, 1.82) is 0 Å². The zero-order valence-corrected chi connectivity index (χ0v) is 11.3. The van der Waals surface area contributed by atoms with Gasteiger partial charge in [-0.15, -0.1) is 0 Å². The number of halogens is 1. The first kappa shape index (κ1) is 13.7. The molecule has 0 bridgehead atoms. The van der Waals surface area contributed by atoms with Crippen molar-refractivity contribution in [2.24, 2.45) is 0 Å². The number of thiocarbonyl (C=S) groups is 1. The molecule has 1 heterocycles. The molecule has 6 heteroatoms. The van der Waals surface area contributed by atoms with Crippen molar-refractivity contribution < 1.29 is 9.18 Å². The lowest BCUT2D eigenvalue weighted by molar-refractivity contribution is -0.127. The first-order chi connectivity index (χ1) is 9.15. The van der Waals surface area contributed by atoms with E-state index in [9.17, 15) is 9.18 Å². The van der Waals surface area contributed by atoms with Crippen molar-refractivity contribution >= 4 is 28.9 Å². The van der Waals surface area contributed by atoms with Gasteiger partial charge < -0.3 is 15.5 Å². The van der Waals surface area contributed by atoms with Crippen LogP contribution in [-0.4, -0.2) is 35.6 Å². The Balaban J connectivity index is 1.69. The lowest BCUT2D eigenvalue weighted by atomic mass is 10.3. The molecule has 1 aliphatic heterocycles. The first-order valence-corrected chi connectivity index (χ1v) is 6.64. The van der Waals surface area contributed by atoms with Crippen LogP contribution in [0.5, 0.6) is 0 Å². The average molecular weight is 281 g/mol. The van der Waals surface area contributed by atoms with Crippen LogP contribution < -0.4 is 10.6 Å². The highest BCUT2D eigenvalue weighted by molar-refractivity contribution is 7.80. The third-order valence-electron chi connectivity index (χ3n) is 2.94. The molecule has 1 fully saturated rings. The summed E-state index contributed by atoms with van der Waals surface area (Å²) in [5, 5.41) is 6.45. The minimum absolute atomic E-state index is 0.208. The van der Waals surface area contributed by atoms with Gasteiger partial charge in [-0.05, 0) is 42.9 Å².